The Morgan fingerprint density at radius 1 is 0.667 bits per heavy atom. The van der Waals surface area contributed by atoms with Gasteiger partial charge in [-0.25, -0.2) is 0 Å². The van der Waals surface area contributed by atoms with Gasteiger partial charge >= 0.3 is 0 Å². The van der Waals surface area contributed by atoms with E-state index >= 15 is 0 Å². The van der Waals surface area contributed by atoms with Crippen LogP contribution in [0.4, 0.5) is 0 Å². The Balaban J connectivity index is 0. The number of carbonyl (C=O) groups is 1. The summed E-state index contributed by atoms with van der Waals surface area (Å²) in [5, 5.41) is 10.2. The third kappa shape index (κ3) is 27.5. The number of hydrogen-bond donors (Lipinski definition) is 1. The standard InChI is InChI=1S/C18H34O2.C6H15N/c1-2-3-4-5-6-7-8-9-10-11-12-13-14-15-16-17-18(19)20;1-4-7(5-2)6-3/h9-10H,2-8,11-17H2,1H3,(H,19,20);4-6H2,1-3H3/b10-9-;. The minimum atomic E-state index is -0.914. The number of allylic oxidation sites excluding steroid dienone is 2. The zero-order chi connectivity index (χ0) is 20.6. The van der Waals surface area contributed by atoms with E-state index in [0.29, 0.717) is 0 Å². The Labute approximate surface area is 170 Å². The van der Waals surface area contributed by atoms with Crippen molar-refractivity contribution in [2.45, 2.75) is 118 Å². The molecule has 0 aromatic carbocycles. The Morgan fingerprint density at radius 3 is 1.44 bits per heavy atom. The first-order valence-corrected chi connectivity index (χ1v) is 11.8. The van der Waals surface area contributed by atoms with Crippen LogP contribution in [0.3, 0.4) is 0 Å². The maximum absolute atomic E-state index is 10.2. The van der Waals surface area contributed by atoms with Gasteiger partial charge in [-0.05, 0) is 59.3 Å². The number of carboxylic acids is 1. The molecule has 0 aliphatic rings. The fourth-order valence-corrected chi connectivity index (χ4v) is 3.09. The number of carbonyl (C=O) groups excluding carboxylic acids is 1. The van der Waals surface area contributed by atoms with E-state index in [4.69, 9.17) is 0 Å². The van der Waals surface area contributed by atoms with E-state index in [1.54, 1.807) is 4.90 Å². The van der Waals surface area contributed by atoms with Crippen molar-refractivity contribution in [1.82, 2.24) is 0 Å². The van der Waals surface area contributed by atoms with Gasteiger partial charge in [0.05, 0.1) is 19.6 Å². The fourth-order valence-electron chi connectivity index (χ4n) is 3.09. The monoisotopic (exact) mass is 383 g/mol. The smallest absolute Gasteiger partial charge is 0.0742 e. The maximum atomic E-state index is 10.2. The van der Waals surface area contributed by atoms with Gasteiger partial charge in [0.25, 0.3) is 0 Å². The molecule has 0 aromatic rings. The van der Waals surface area contributed by atoms with Crippen molar-refractivity contribution in [3.8, 4) is 0 Å². The zero-order valence-electron chi connectivity index (χ0n) is 19.0. The number of nitrogens with one attached hydrogen (secondary N) is 1. The molecule has 0 rings (SSSR count). The van der Waals surface area contributed by atoms with Crippen LogP contribution in [0, 0.1) is 0 Å². The van der Waals surface area contributed by atoms with Gasteiger partial charge in [-0.3, -0.25) is 0 Å². The topological polar surface area (TPSA) is 44.6 Å². The van der Waals surface area contributed by atoms with E-state index in [9.17, 15) is 9.90 Å². The van der Waals surface area contributed by atoms with Crippen molar-refractivity contribution >= 4 is 5.97 Å². The summed E-state index contributed by atoms with van der Waals surface area (Å²) in [5.74, 6) is -0.914. The highest BCUT2D eigenvalue weighted by molar-refractivity contribution is 5.63. The van der Waals surface area contributed by atoms with Gasteiger partial charge in [0.2, 0.25) is 0 Å². The van der Waals surface area contributed by atoms with Crippen LogP contribution in [0.15, 0.2) is 12.2 Å². The summed E-state index contributed by atoms with van der Waals surface area (Å²) in [5.41, 5.74) is 0. The Bertz CT molecular complexity index is 306. The number of unbranched alkanes of at least 4 members (excludes halogenated alkanes) is 11. The molecule has 0 saturated heterocycles. The largest absolute Gasteiger partial charge is 0.550 e. The van der Waals surface area contributed by atoms with Gasteiger partial charge in [0, 0.05) is 5.97 Å². The summed E-state index contributed by atoms with van der Waals surface area (Å²) in [4.78, 5) is 11.9. The molecule has 0 aliphatic heterocycles. The quantitative estimate of drug-likeness (QED) is 0.275. The third-order valence-corrected chi connectivity index (χ3v) is 5.14. The number of rotatable bonds is 18. The second kappa shape index (κ2) is 25.2. The number of quaternary nitrogens is 1. The van der Waals surface area contributed by atoms with Crippen molar-refractivity contribution in [1.29, 1.82) is 0 Å². The molecule has 27 heavy (non-hydrogen) atoms. The normalized spacial score (nSPS) is 11.0. The SMILES string of the molecule is CCCCCCCC/C=C\CCCCCCCC(=O)[O-].CC[NH+](CC)CC. The lowest BCUT2D eigenvalue weighted by Gasteiger charge is -2.10. The van der Waals surface area contributed by atoms with Crippen molar-refractivity contribution in [3.05, 3.63) is 12.2 Å². The number of hydrogen-bond acceptors (Lipinski definition) is 2. The molecule has 0 aliphatic carbocycles. The summed E-state index contributed by atoms with van der Waals surface area (Å²) in [7, 11) is 0. The summed E-state index contributed by atoms with van der Waals surface area (Å²) in [6.07, 6.45) is 20.9. The highest BCUT2D eigenvalue weighted by Crippen LogP contribution is 2.09. The van der Waals surface area contributed by atoms with E-state index < -0.39 is 5.97 Å². The highest BCUT2D eigenvalue weighted by atomic mass is 16.4. The van der Waals surface area contributed by atoms with E-state index in [2.05, 4.69) is 39.8 Å². The fraction of sp³-hybridized carbons (Fsp3) is 0.875. The molecule has 0 unspecified atom stereocenters. The molecular formula is C24H49NO2. The molecule has 0 saturated carbocycles. The Morgan fingerprint density at radius 2 is 1.07 bits per heavy atom. The first-order valence-electron chi connectivity index (χ1n) is 11.8. The van der Waals surface area contributed by atoms with Crippen LogP contribution in [0.2, 0.25) is 0 Å². The van der Waals surface area contributed by atoms with Crippen molar-refractivity contribution in [2.75, 3.05) is 19.6 Å². The number of carboxylic acid groups (broad SMARTS) is 1. The molecular weight excluding hydrogens is 334 g/mol. The predicted molar refractivity (Wildman–Crippen MR) is 117 cm³/mol. The molecule has 0 heterocycles. The lowest BCUT2D eigenvalue weighted by molar-refractivity contribution is -0.894. The van der Waals surface area contributed by atoms with Crippen LogP contribution in [0.25, 0.3) is 0 Å². The Kier molecular flexibility index (Phi) is 26.5. The summed E-state index contributed by atoms with van der Waals surface area (Å²) in [6, 6.07) is 0. The van der Waals surface area contributed by atoms with Gasteiger partial charge < -0.3 is 14.8 Å². The molecule has 0 amide bonds. The summed E-state index contributed by atoms with van der Waals surface area (Å²) >= 11 is 0. The number of aliphatic carboxylic acids is 1. The first-order chi connectivity index (χ1) is 13.1. The van der Waals surface area contributed by atoms with E-state index in [1.807, 2.05) is 0 Å². The molecule has 162 valence electrons. The van der Waals surface area contributed by atoms with Crippen LogP contribution in [-0.4, -0.2) is 25.6 Å². The van der Waals surface area contributed by atoms with Crippen LogP contribution < -0.4 is 10.0 Å². The minimum Gasteiger partial charge on any atom is -0.550 e. The van der Waals surface area contributed by atoms with Crippen LogP contribution >= 0.6 is 0 Å². The lowest BCUT2D eigenvalue weighted by atomic mass is 10.1. The first kappa shape index (κ1) is 28.4. The molecule has 3 nitrogen and oxygen atoms in total. The van der Waals surface area contributed by atoms with Gasteiger partial charge in [-0.1, -0.05) is 70.4 Å². The van der Waals surface area contributed by atoms with Crippen molar-refractivity contribution in [2.24, 2.45) is 0 Å². The average molecular weight is 384 g/mol. The molecule has 1 N–H and O–H groups in total. The molecule has 0 aromatic heterocycles. The molecule has 3 heteroatoms. The molecule has 0 radical (unpaired) electrons. The highest BCUT2D eigenvalue weighted by Gasteiger charge is 1.93. The Hall–Kier alpha value is -0.830. The van der Waals surface area contributed by atoms with Gasteiger partial charge in [0.1, 0.15) is 0 Å². The van der Waals surface area contributed by atoms with Crippen LogP contribution in [0.5, 0.6) is 0 Å². The summed E-state index contributed by atoms with van der Waals surface area (Å²) < 4.78 is 0. The van der Waals surface area contributed by atoms with E-state index in [1.165, 1.54) is 83.8 Å². The van der Waals surface area contributed by atoms with Crippen molar-refractivity contribution < 1.29 is 14.8 Å². The average Bonchev–Trinajstić information content (AvgIpc) is 2.66. The van der Waals surface area contributed by atoms with Crippen LogP contribution in [-0.2, 0) is 4.79 Å². The minimum absolute atomic E-state index is 0.220. The van der Waals surface area contributed by atoms with Gasteiger partial charge in [-0.15, -0.1) is 0 Å². The lowest BCUT2D eigenvalue weighted by Crippen LogP contribution is -3.11. The molecule has 0 spiro atoms. The second-order valence-corrected chi connectivity index (χ2v) is 7.52. The maximum Gasteiger partial charge on any atom is 0.0742 e. The molecule has 0 bridgehead atoms. The van der Waals surface area contributed by atoms with E-state index in [0.717, 1.165) is 19.3 Å². The van der Waals surface area contributed by atoms with Crippen LogP contribution in [0.1, 0.15) is 118 Å². The van der Waals surface area contributed by atoms with Gasteiger partial charge in [-0.2, -0.15) is 0 Å². The van der Waals surface area contributed by atoms with Crippen molar-refractivity contribution in [3.63, 3.8) is 0 Å². The van der Waals surface area contributed by atoms with Gasteiger partial charge in [0.15, 0.2) is 0 Å². The predicted octanol–water partition coefficient (Wildman–Crippen LogP) is 4.70. The summed E-state index contributed by atoms with van der Waals surface area (Å²) in [6.45, 7) is 12.7. The second-order valence-electron chi connectivity index (χ2n) is 7.52. The van der Waals surface area contributed by atoms with E-state index in [-0.39, 0.29) is 6.42 Å². The zero-order valence-corrected chi connectivity index (χ0v) is 19.0. The molecule has 0 atom stereocenters. The molecule has 0 fully saturated rings. The third-order valence-electron chi connectivity index (χ3n) is 5.14.